The molecular formula is C14H18O5. The molecule has 1 heterocycles. The minimum Gasteiger partial charge on any atom is -0.463 e. The Balaban J connectivity index is 1.82. The molecular weight excluding hydrogens is 248 g/mol. The van der Waals surface area contributed by atoms with Gasteiger partial charge in [0.05, 0.1) is 6.61 Å². The standard InChI is InChI=1S/C14H18O5/c1-13(2)5-18-12(17)11(13)19-10-7-6(14(7,3)4)8(15)9(10)16/h6-7,10-11H,5H2,1-4H3/t6?,7?,10-,11+/m1/s1. The normalized spacial score (nSPS) is 42.2. The topological polar surface area (TPSA) is 69.7 Å². The van der Waals surface area contributed by atoms with Crippen LogP contribution in [-0.2, 0) is 23.9 Å². The molecule has 0 aromatic carbocycles. The zero-order valence-corrected chi connectivity index (χ0v) is 11.6. The Bertz CT molecular complexity index is 490. The summed E-state index contributed by atoms with van der Waals surface area (Å²) >= 11 is 0. The molecule has 0 radical (unpaired) electrons. The molecule has 0 bridgehead atoms. The van der Waals surface area contributed by atoms with E-state index in [1.807, 2.05) is 27.7 Å². The third-order valence-electron chi connectivity index (χ3n) is 4.81. The largest absolute Gasteiger partial charge is 0.463 e. The van der Waals surface area contributed by atoms with Gasteiger partial charge in [-0.3, -0.25) is 9.59 Å². The van der Waals surface area contributed by atoms with Gasteiger partial charge in [-0.2, -0.15) is 0 Å². The highest BCUT2D eigenvalue weighted by molar-refractivity contribution is 6.43. The number of hydrogen-bond donors (Lipinski definition) is 0. The van der Waals surface area contributed by atoms with Crippen molar-refractivity contribution < 1.29 is 23.9 Å². The van der Waals surface area contributed by atoms with E-state index in [0.29, 0.717) is 0 Å². The van der Waals surface area contributed by atoms with E-state index in [4.69, 9.17) is 9.47 Å². The van der Waals surface area contributed by atoms with Gasteiger partial charge in [-0.15, -0.1) is 0 Å². The van der Waals surface area contributed by atoms with Crippen molar-refractivity contribution in [2.24, 2.45) is 22.7 Å². The summed E-state index contributed by atoms with van der Waals surface area (Å²) < 4.78 is 10.7. The lowest BCUT2D eigenvalue weighted by Gasteiger charge is -2.26. The zero-order chi connectivity index (χ0) is 14.2. The second kappa shape index (κ2) is 3.45. The van der Waals surface area contributed by atoms with Crippen LogP contribution in [0.4, 0.5) is 0 Å². The lowest BCUT2D eigenvalue weighted by Crippen LogP contribution is -2.41. The first-order valence-corrected chi connectivity index (χ1v) is 6.58. The van der Waals surface area contributed by atoms with Gasteiger partial charge >= 0.3 is 5.97 Å². The predicted octanol–water partition coefficient (Wildman–Crippen LogP) is 0.747. The first-order chi connectivity index (χ1) is 8.68. The minimum atomic E-state index is -0.776. The summed E-state index contributed by atoms with van der Waals surface area (Å²) in [4.78, 5) is 35.5. The summed E-state index contributed by atoms with van der Waals surface area (Å²) in [6, 6.07) is 0. The molecule has 0 spiro atoms. The van der Waals surface area contributed by atoms with Crippen molar-refractivity contribution in [3.8, 4) is 0 Å². The predicted molar refractivity (Wildman–Crippen MR) is 64.2 cm³/mol. The summed E-state index contributed by atoms with van der Waals surface area (Å²) in [6.45, 7) is 7.92. The van der Waals surface area contributed by atoms with Crippen molar-refractivity contribution >= 4 is 17.5 Å². The molecule has 2 saturated carbocycles. The number of carbonyl (C=O) groups is 3. The van der Waals surface area contributed by atoms with Crippen LogP contribution < -0.4 is 0 Å². The Morgan fingerprint density at radius 2 is 1.74 bits per heavy atom. The fourth-order valence-electron chi connectivity index (χ4n) is 3.46. The van der Waals surface area contributed by atoms with E-state index in [0.717, 1.165) is 0 Å². The van der Waals surface area contributed by atoms with E-state index in [-0.39, 0.29) is 29.6 Å². The molecule has 3 rings (SSSR count). The number of fused-ring (bicyclic) bond motifs is 1. The van der Waals surface area contributed by atoms with Crippen LogP contribution in [0.3, 0.4) is 0 Å². The molecule has 0 N–H and O–H groups in total. The molecule has 3 fully saturated rings. The first-order valence-electron chi connectivity index (χ1n) is 6.58. The summed E-state index contributed by atoms with van der Waals surface area (Å²) in [5.74, 6) is -1.58. The van der Waals surface area contributed by atoms with Gasteiger partial charge in [-0.1, -0.05) is 27.7 Å². The van der Waals surface area contributed by atoms with Crippen LogP contribution in [0, 0.1) is 22.7 Å². The first kappa shape index (κ1) is 12.8. The van der Waals surface area contributed by atoms with Crippen molar-refractivity contribution in [1.82, 2.24) is 0 Å². The van der Waals surface area contributed by atoms with Crippen LogP contribution in [0.1, 0.15) is 27.7 Å². The number of esters is 1. The molecule has 104 valence electrons. The van der Waals surface area contributed by atoms with Gasteiger partial charge in [0.1, 0.15) is 6.10 Å². The van der Waals surface area contributed by atoms with Crippen molar-refractivity contribution in [3.05, 3.63) is 0 Å². The number of Topliss-reactive ketones (excluding diaryl/α,β-unsaturated/α-hetero) is 2. The maximum atomic E-state index is 11.9. The molecule has 19 heavy (non-hydrogen) atoms. The van der Waals surface area contributed by atoms with Crippen molar-refractivity contribution in [2.45, 2.75) is 39.9 Å². The molecule has 5 nitrogen and oxygen atoms in total. The molecule has 1 aliphatic heterocycles. The van der Waals surface area contributed by atoms with Gasteiger partial charge in [-0.05, 0) is 5.41 Å². The monoisotopic (exact) mass is 266 g/mol. The molecule has 2 aliphatic carbocycles. The number of carbonyl (C=O) groups excluding carboxylic acids is 3. The molecule has 0 aromatic heterocycles. The zero-order valence-electron chi connectivity index (χ0n) is 11.6. The van der Waals surface area contributed by atoms with Crippen molar-refractivity contribution in [2.75, 3.05) is 6.61 Å². The second-order valence-electron chi connectivity index (χ2n) is 7.09. The fraction of sp³-hybridized carbons (Fsp3) is 0.786. The van der Waals surface area contributed by atoms with Gasteiger partial charge in [0, 0.05) is 17.3 Å². The number of cyclic esters (lactones) is 1. The van der Waals surface area contributed by atoms with E-state index in [2.05, 4.69) is 0 Å². The maximum absolute atomic E-state index is 11.9. The summed E-state index contributed by atoms with van der Waals surface area (Å²) in [5, 5.41) is 0. The Kier molecular flexibility index (Phi) is 2.32. The number of ether oxygens (including phenoxy) is 2. The average Bonchev–Trinajstić information content (AvgIpc) is 2.62. The molecule has 3 aliphatic rings. The van der Waals surface area contributed by atoms with E-state index < -0.39 is 29.4 Å². The number of hydrogen-bond acceptors (Lipinski definition) is 5. The summed E-state index contributed by atoms with van der Waals surface area (Å²) in [7, 11) is 0. The molecule has 2 unspecified atom stereocenters. The molecule has 1 saturated heterocycles. The van der Waals surface area contributed by atoms with Crippen LogP contribution in [0.5, 0.6) is 0 Å². The fourth-order valence-corrected chi connectivity index (χ4v) is 3.46. The van der Waals surface area contributed by atoms with Crippen LogP contribution in [0.15, 0.2) is 0 Å². The Hall–Kier alpha value is -1.23. The highest BCUT2D eigenvalue weighted by atomic mass is 16.6. The number of ketones is 2. The van der Waals surface area contributed by atoms with Crippen LogP contribution in [-0.4, -0.2) is 36.4 Å². The third kappa shape index (κ3) is 1.54. The van der Waals surface area contributed by atoms with Crippen molar-refractivity contribution in [1.29, 1.82) is 0 Å². The van der Waals surface area contributed by atoms with Gasteiger partial charge < -0.3 is 9.47 Å². The highest BCUT2D eigenvalue weighted by Gasteiger charge is 2.73. The van der Waals surface area contributed by atoms with E-state index in [9.17, 15) is 14.4 Å². The Morgan fingerprint density at radius 1 is 1.11 bits per heavy atom. The van der Waals surface area contributed by atoms with Crippen molar-refractivity contribution in [3.63, 3.8) is 0 Å². The van der Waals surface area contributed by atoms with Crippen LogP contribution in [0.25, 0.3) is 0 Å². The average molecular weight is 266 g/mol. The molecule has 4 atom stereocenters. The Labute approximate surface area is 111 Å². The maximum Gasteiger partial charge on any atom is 0.336 e. The summed E-state index contributed by atoms with van der Waals surface area (Å²) in [6.07, 6.45) is -1.54. The van der Waals surface area contributed by atoms with Gasteiger partial charge in [0.25, 0.3) is 0 Å². The minimum absolute atomic E-state index is 0.0864. The lowest BCUT2D eigenvalue weighted by molar-refractivity contribution is -0.158. The molecule has 5 heteroatoms. The number of rotatable bonds is 2. The SMILES string of the molecule is CC1(C)C2C(=O)C(=O)[C@H](O[C@H]3C(=O)OCC3(C)C)C21. The van der Waals surface area contributed by atoms with Gasteiger partial charge in [0.15, 0.2) is 6.10 Å². The van der Waals surface area contributed by atoms with Gasteiger partial charge in [0.2, 0.25) is 11.6 Å². The van der Waals surface area contributed by atoms with Crippen LogP contribution >= 0.6 is 0 Å². The third-order valence-corrected chi connectivity index (χ3v) is 4.81. The quantitative estimate of drug-likeness (QED) is 0.545. The van der Waals surface area contributed by atoms with E-state index >= 15 is 0 Å². The Morgan fingerprint density at radius 3 is 2.21 bits per heavy atom. The smallest absolute Gasteiger partial charge is 0.336 e. The molecule has 0 amide bonds. The van der Waals surface area contributed by atoms with E-state index in [1.54, 1.807) is 0 Å². The van der Waals surface area contributed by atoms with E-state index in [1.165, 1.54) is 0 Å². The lowest BCUT2D eigenvalue weighted by atomic mass is 9.89. The highest BCUT2D eigenvalue weighted by Crippen LogP contribution is 2.65. The van der Waals surface area contributed by atoms with Crippen LogP contribution in [0.2, 0.25) is 0 Å². The molecule has 0 aromatic rings. The summed E-state index contributed by atoms with van der Waals surface area (Å²) in [5.41, 5.74) is -0.653. The van der Waals surface area contributed by atoms with Gasteiger partial charge in [-0.25, -0.2) is 4.79 Å². The second-order valence-corrected chi connectivity index (χ2v) is 7.09.